The maximum Gasteiger partial charge on any atom is 0.325 e. The summed E-state index contributed by atoms with van der Waals surface area (Å²) in [4.78, 5) is 35.8. The lowest BCUT2D eigenvalue weighted by Gasteiger charge is -2.09. The number of amides is 2. The highest BCUT2D eigenvalue weighted by molar-refractivity contribution is 6.07. The molecule has 140 valence electrons. The topological polar surface area (TPSA) is 144 Å². The van der Waals surface area contributed by atoms with Crippen LogP contribution in [-0.2, 0) is 24.9 Å². The smallest absolute Gasteiger partial charge is 0.325 e. The van der Waals surface area contributed by atoms with Crippen LogP contribution in [0.3, 0.4) is 0 Å². The number of carboxylic acids is 1. The van der Waals surface area contributed by atoms with Gasteiger partial charge >= 0.3 is 5.97 Å². The Bertz CT molecular complexity index is 972. The quantitative estimate of drug-likeness (QED) is 0.547. The number of furan rings is 1. The number of aliphatic carboxylic acids is 1. The average molecular weight is 372 g/mol. The highest BCUT2D eigenvalue weighted by Gasteiger charge is 2.21. The second-order valence-corrected chi connectivity index (χ2v) is 5.51. The normalized spacial score (nSPS) is 10.6. The first-order chi connectivity index (χ1) is 13.0. The number of aryl methyl sites for hydroxylation is 1. The summed E-state index contributed by atoms with van der Waals surface area (Å²) >= 11 is 0. The van der Waals surface area contributed by atoms with E-state index in [0.717, 1.165) is 4.68 Å². The van der Waals surface area contributed by atoms with E-state index in [2.05, 4.69) is 20.8 Å². The van der Waals surface area contributed by atoms with E-state index < -0.39 is 24.3 Å². The van der Waals surface area contributed by atoms with Gasteiger partial charge in [-0.25, -0.2) is 4.68 Å². The SMILES string of the molecule is Cn1ncc(NC(=O)c2ccnn2CC(=O)O)c1C(=O)NCc1ccco1. The van der Waals surface area contributed by atoms with Gasteiger partial charge in [0.15, 0.2) is 0 Å². The van der Waals surface area contributed by atoms with Crippen LogP contribution in [0.15, 0.2) is 41.3 Å². The van der Waals surface area contributed by atoms with Crippen LogP contribution in [0.5, 0.6) is 0 Å². The van der Waals surface area contributed by atoms with Gasteiger partial charge in [-0.15, -0.1) is 0 Å². The Labute approximate surface area is 152 Å². The molecule has 3 aromatic heterocycles. The Kier molecular flexibility index (Phi) is 5.01. The molecule has 0 aliphatic heterocycles. The number of rotatable bonds is 7. The molecule has 0 spiro atoms. The zero-order valence-electron chi connectivity index (χ0n) is 14.2. The van der Waals surface area contributed by atoms with E-state index in [-0.39, 0.29) is 23.6 Å². The van der Waals surface area contributed by atoms with Gasteiger partial charge in [-0.3, -0.25) is 19.1 Å². The van der Waals surface area contributed by atoms with Crippen molar-refractivity contribution in [3.63, 3.8) is 0 Å². The predicted octanol–water partition coefficient (Wildman–Crippen LogP) is 0.477. The lowest BCUT2D eigenvalue weighted by Crippen LogP contribution is -2.27. The Balaban J connectivity index is 1.74. The molecule has 0 aromatic carbocycles. The summed E-state index contributed by atoms with van der Waals surface area (Å²) < 4.78 is 7.52. The van der Waals surface area contributed by atoms with Crippen molar-refractivity contribution in [2.75, 3.05) is 5.32 Å². The molecule has 0 fully saturated rings. The molecular formula is C16H16N6O5. The molecule has 0 radical (unpaired) electrons. The van der Waals surface area contributed by atoms with Crippen molar-refractivity contribution in [3.8, 4) is 0 Å². The zero-order chi connectivity index (χ0) is 19.4. The minimum Gasteiger partial charge on any atom is -0.480 e. The molecule has 11 heteroatoms. The summed E-state index contributed by atoms with van der Waals surface area (Å²) in [7, 11) is 1.56. The molecule has 0 bridgehead atoms. The molecule has 0 saturated heterocycles. The molecule has 27 heavy (non-hydrogen) atoms. The molecule has 11 nitrogen and oxygen atoms in total. The van der Waals surface area contributed by atoms with Gasteiger partial charge < -0.3 is 20.2 Å². The molecule has 3 N–H and O–H groups in total. The summed E-state index contributed by atoms with van der Waals surface area (Å²) in [6, 6.07) is 4.80. The minimum atomic E-state index is -1.13. The number of hydrogen-bond acceptors (Lipinski definition) is 6. The van der Waals surface area contributed by atoms with Crippen molar-refractivity contribution >= 4 is 23.5 Å². The molecule has 0 aliphatic carbocycles. The first-order valence-corrected chi connectivity index (χ1v) is 7.83. The fourth-order valence-corrected chi connectivity index (χ4v) is 2.43. The third kappa shape index (κ3) is 4.03. The first kappa shape index (κ1) is 17.9. The molecule has 3 aromatic rings. The van der Waals surface area contributed by atoms with Gasteiger partial charge in [-0.1, -0.05) is 0 Å². The molecule has 2 amide bonds. The number of anilines is 1. The fraction of sp³-hybridized carbons (Fsp3) is 0.188. The van der Waals surface area contributed by atoms with Crippen LogP contribution >= 0.6 is 0 Å². The van der Waals surface area contributed by atoms with Gasteiger partial charge in [0.1, 0.15) is 23.7 Å². The molecule has 0 aliphatic rings. The standard InChI is InChI=1S/C16H16N6O5/c1-21-14(16(26)17-7-10-3-2-6-27-10)11(8-19-21)20-15(25)12-4-5-18-22(12)9-13(23)24/h2-6,8H,7,9H2,1H3,(H,17,26)(H,20,25)(H,23,24). The van der Waals surface area contributed by atoms with Crippen molar-refractivity contribution in [2.45, 2.75) is 13.1 Å². The average Bonchev–Trinajstić information content (AvgIpc) is 3.34. The third-order valence-corrected chi connectivity index (χ3v) is 3.64. The zero-order valence-corrected chi connectivity index (χ0v) is 14.2. The number of carboxylic acid groups (broad SMARTS) is 1. The second kappa shape index (κ2) is 7.56. The van der Waals surface area contributed by atoms with Crippen LogP contribution in [0.1, 0.15) is 26.7 Å². The maximum atomic E-state index is 12.5. The van der Waals surface area contributed by atoms with Gasteiger partial charge in [0.05, 0.1) is 24.7 Å². The van der Waals surface area contributed by atoms with Gasteiger partial charge in [-0.2, -0.15) is 10.2 Å². The van der Waals surface area contributed by atoms with Crippen molar-refractivity contribution in [3.05, 3.63) is 54.0 Å². The molecule has 3 heterocycles. The Morgan fingerprint density at radius 3 is 2.74 bits per heavy atom. The summed E-state index contributed by atoms with van der Waals surface area (Å²) in [5, 5.41) is 21.9. The molecule has 0 unspecified atom stereocenters. The monoisotopic (exact) mass is 372 g/mol. The Hall–Kier alpha value is -3.89. The van der Waals surface area contributed by atoms with E-state index in [9.17, 15) is 14.4 Å². The van der Waals surface area contributed by atoms with Gasteiger partial charge in [0, 0.05) is 13.2 Å². The molecular weight excluding hydrogens is 356 g/mol. The maximum absolute atomic E-state index is 12.5. The summed E-state index contributed by atoms with van der Waals surface area (Å²) in [5.41, 5.74) is 0.366. The number of nitrogens with zero attached hydrogens (tertiary/aromatic N) is 4. The van der Waals surface area contributed by atoms with E-state index in [0.29, 0.717) is 5.76 Å². The van der Waals surface area contributed by atoms with Crippen molar-refractivity contribution in [2.24, 2.45) is 7.05 Å². The van der Waals surface area contributed by atoms with Crippen LogP contribution in [0, 0.1) is 0 Å². The highest BCUT2D eigenvalue weighted by atomic mass is 16.4. The second-order valence-electron chi connectivity index (χ2n) is 5.51. The minimum absolute atomic E-state index is 0.0446. The lowest BCUT2D eigenvalue weighted by molar-refractivity contribution is -0.137. The van der Waals surface area contributed by atoms with Crippen LogP contribution < -0.4 is 10.6 Å². The molecule has 0 saturated carbocycles. The summed E-state index contributed by atoms with van der Waals surface area (Å²) in [5.74, 6) is -1.62. The van der Waals surface area contributed by atoms with E-state index >= 15 is 0 Å². The van der Waals surface area contributed by atoms with Gasteiger partial charge in [-0.05, 0) is 18.2 Å². The number of carbonyl (C=O) groups excluding carboxylic acids is 2. The third-order valence-electron chi connectivity index (χ3n) is 3.64. The number of nitrogens with one attached hydrogen (secondary N) is 2. The van der Waals surface area contributed by atoms with Gasteiger partial charge in [0.25, 0.3) is 11.8 Å². The van der Waals surface area contributed by atoms with Crippen LogP contribution in [0.2, 0.25) is 0 Å². The van der Waals surface area contributed by atoms with E-state index in [1.807, 2.05) is 0 Å². The van der Waals surface area contributed by atoms with Crippen LogP contribution in [-0.4, -0.2) is 42.5 Å². The van der Waals surface area contributed by atoms with Gasteiger partial charge in [0.2, 0.25) is 0 Å². The predicted molar refractivity (Wildman–Crippen MR) is 90.9 cm³/mol. The van der Waals surface area contributed by atoms with E-state index in [1.54, 1.807) is 19.2 Å². The number of aromatic nitrogens is 4. The van der Waals surface area contributed by atoms with E-state index in [1.165, 1.54) is 29.4 Å². The fourth-order valence-electron chi connectivity index (χ4n) is 2.43. The Morgan fingerprint density at radius 1 is 1.22 bits per heavy atom. The number of hydrogen-bond donors (Lipinski definition) is 3. The summed E-state index contributed by atoms with van der Waals surface area (Å²) in [6.07, 6.45) is 4.15. The van der Waals surface area contributed by atoms with Crippen LogP contribution in [0.25, 0.3) is 0 Å². The summed E-state index contributed by atoms with van der Waals surface area (Å²) in [6.45, 7) is -0.283. The first-order valence-electron chi connectivity index (χ1n) is 7.83. The van der Waals surface area contributed by atoms with E-state index in [4.69, 9.17) is 9.52 Å². The van der Waals surface area contributed by atoms with Crippen molar-refractivity contribution in [1.29, 1.82) is 0 Å². The van der Waals surface area contributed by atoms with Crippen molar-refractivity contribution < 1.29 is 23.9 Å². The van der Waals surface area contributed by atoms with Crippen molar-refractivity contribution in [1.82, 2.24) is 24.9 Å². The lowest BCUT2D eigenvalue weighted by atomic mass is 10.3. The largest absolute Gasteiger partial charge is 0.480 e. The molecule has 3 rings (SSSR count). The number of carbonyl (C=O) groups is 3. The molecule has 0 atom stereocenters. The van der Waals surface area contributed by atoms with Crippen LogP contribution in [0.4, 0.5) is 5.69 Å². The highest BCUT2D eigenvalue weighted by Crippen LogP contribution is 2.16. The Morgan fingerprint density at radius 2 is 2.04 bits per heavy atom.